The Labute approximate surface area is 169 Å². The maximum Gasteiger partial charge on any atom is 0.308 e. The monoisotopic (exact) mass is 391 g/mol. The Kier molecular flexibility index (Phi) is 4.26. The van der Waals surface area contributed by atoms with Crippen molar-refractivity contribution < 1.29 is 9.90 Å². The molecule has 0 aliphatic heterocycles. The summed E-state index contributed by atoms with van der Waals surface area (Å²) in [5, 5.41) is 14.3. The van der Waals surface area contributed by atoms with Gasteiger partial charge in [-0.25, -0.2) is 15.0 Å². The van der Waals surface area contributed by atoms with E-state index in [1.807, 2.05) is 32.4 Å². The molecule has 3 aromatic heterocycles. The van der Waals surface area contributed by atoms with Crippen LogP contribution in [0.1, 0.15) is 36.8 Å². The highest BCUT2D eigenvalue weighted by Gasteiger charge is 2.47. The number of anilines is 1. The predicted octanol–water partition coefficient (Wildman–Crippen LogP) is 3.94. The van der Waals surface area contributed by atoms with Crippen molar-refractivity contribution >= 4 is 22.8 Å². The van der Waals surface area contributed by atoms with Crippen LogP contribution in [0.4, 0.5) is 5.82 Å². The van der Waals surface area contributed by atoms with Gasteiger partial charge in [0.25, 0.3) is 0 Å². The van der Waals surface area contributed by atoms with E-state index in [9.17, 15) is 9.90 Å². The highest BCUT2D eigenvalue weighted by molar-refractivity contribution is 5.92. The molecule has 0 aromatic carbocycles. The van der Waals surface area contributed by atoms with Crippen LogP contribution in [0.25, 0.3) is 22.4 Å². The molecule has 29 heavy (non-hydrogen) atoms. The van der Waals surface area contributed by atoms with Crippen LogP contribution >= 0.6 is 0 Å². The fourth-order valence-electron chi connectivity index (χ4n) is 5.18. The molecule has 3 fully saturated rings. The molecule has 1 unspecified atom stereocenters. The molecule has 3 aliphatic rings. The molecule has 7 heteroatoms. The van der Waals surface area contributed by atoms with E-state index in [-0.39, 0.29) is 17.9 Å². The summed E-state index contributed by atoms with van der Waals surface area (Å²) in [6, 6.07) is 2.00. The summed E-state index contributed by atoms with van der Waals surface area (Å²) in [4.78, 5) is 28.9. The van der Waals surface area contributed by atoms with Gasteiger partial charge in [-0.1, -0.05) is 0 Å². The molecule has 3 aliphatic carbocycles. The van der Waals surface area contributed by atoms with Crippen molar-refractivity contribution in [1.29, 1.82) is 0 Å². The third-order valence-corrected chi connectivity index (χ3v) is 6.69. The molecule has 2 atom stereocenters. The van der Waals surface area contributed by atoms with Crippen molar-refractivity contribution in [1.82, 2.24) is 19.9 Å². The topological polar surface area (TPSA) is 104 Å². The van der Waals surface area contributed by atoms with Crippen molar-refractivity contribution in [2.45, 2.75) is 45.6 Å². The van der Waals surface area contributed by atoms with Gasteiger partial charge in [-0.05, 0) is 63.0 Å². The Bertz CT molecular complexity index is 1080. The van der Waals surface area contributed by atoms with Crippen LogP contribution in [-0.4, -0.2) is 37.1 Å². The van der Waals surface area contributed by atoms with Gasteiger partial charge in [-0.2, -0.15) is 0 Å². The Morgan fingerprint density at radius 3 is 2.66 bits per heavy atom. The van der Waals surface area contributed by atoms with E-state index in [0.717, 1.165) is 59.2 Å². The van der Waals surface area contributed by atoms with Crippen molar-refractivity contribution in [3.05, 3.63) is 35.8 Å². The number of nitrogens with zero attached hydrogens (tertiary/aromatic N) is 3. The van der Waals surface area contributed by atoms with Gasteiger partial charge in [0.05, 0.1) is 5.92 Å². The molecule has 0 saturated heterocycles. The lowest BCUT2D eigenvalue weighted by Gasteiger charge is -2.47. The Balaban J connectivity index is 1.51. The standard InChI is InChI=1S/C22H25N5O2/c1-11-7-15-16(10-25-20(15)23-8-11)21-24-9-12(2)19(27-21)26-18-14-5-3-13(4-6-14)17(18)22(28)29/h7-10,13-14,17-18H,3-6H2,1-2H3,(H,23,25)(H,28,29)(H,24,26,27)/t13-,14+,17-,18?/m0/s1. The first-order valence-corrected chi connectivity index (χ1v) is 10.3. The van der Waals surface area contributed by atoms with E-state index in [2.05, 4.69) is 26.3 Å². The van der Waals surface area contributed by atoms with E-state index in [4.69, 9.17) is 4.98 Å². The zero-order valence-electron chi connectivity index (χ0n) is 16.6. The number of carbonyl (C=O) groups is 1. The second-order valence-electron chi connectivity index (χ2n) is 8.55. The lowest BCUT2D eigenvalue weighted by atomic mass is 9.61. The van der Waals surface area contributed by atoms with Crippen LogP contribution in [0.5, 0.6) is 0 Å². The number of hydrogen-bond donors (Lipinski definition) is 3. The molecule has 7 nitrogen and oxygen atoms in total. The summed E-state index contributed by atoms with van der Waals surface area (Å²) >= 11 is 0. The number of nitrogens with one attached hydrogen (secondary N) is 2. The van der Waals surface area contributed by atoms with Crippen molar-refractivity contribution in [2.24, 2.45) is 17.8 Å². The summed E-state index contributed by atoms with van der Waals surface area (Å²) < 4.78 is 0. The first kappa shape index (κ1) is 18.1. The number of aliphatic carboxylic acids is 1. The summed E-state index contributed by atoms with van der Waals surface area (Å²) in [6.45, 7) is 3.97. The molecule has 0 radical (unpaired) electrons. The van der Waals surface area contributed by atoms with Crippen LogP contribution in [0.2, 0.25) is 0 Å². The van der Waals surface area contributed by atoms with Gasteiger partial charge < -0.3 is 15.4 Å². The maximum absolute atomic E-state index is 12.0. The number of carboxylic acids is 1. The highest BCUT2D eigenvalue weighted by Crippen LogP contribution is 2.46. The second-order valence-corrected chi connectivity index (χ2v) is 8.55. The summed E-state index contributed by atoms with van der Waals surface area (Å²) in [5.74, 6) is 0.957. The van der Waals surface area contributed by atoms with E-state index in [1.54, 1.807) is 0 Å². The Morgan fingerprint density at radius 1 is 1.14 bits per heavy atom. The fourth-order valence-corrected chi connectivity index (χ4v) is 5.18. The average Bonchev–Trinajstić information content (AvgIpc) is 3.13. The second kappa shape index (κ2) is 6.83. The molecular weight excluding hydrogens is 366 g/mol. The zero-order chi connectivity index (χ0) is 20.1. The van der Waals surface area contributed by atoms with Gasteiger partial charge in [0, 0.05) is 41.1 Å². The molecule has 2 bridgehead atoms. The lowest BCUT2D eigenvalue weighted by molar-refractivity contribution is -0.148. The minimum Gasteiger partial charge on any atom is -0.481 e. The molecule has 0 amide bonds. The number of H-pyrrole nitrogens is 1. The zero-order valence-corrected chi connectivity index (χ0v) is 16.6. The van der Waals surface area contributed by atoms with Gasteiger partial charge in [0.2, 0.25) is 0 Å². The van der Waals surface area contributed by atoms with E-state index in [1.165, 1.54) is 0 Å². The molecule has 3 saturated carbocycles. The quantitative estimate of drug-likeness (QED) is 0.622. The number of hydrogen-bond acceptors (Lipinski definition) is 5. The normalized spacial score (nSPS) is 26.0. The molecule has 3 heterocycles. The van der Waals surface area contributed by atoms with Gasteiger partial charge >= 0.3 is 5.97 Å². The molecule has 3 aromatic rings. The van der Waals surface area contributed by atoms with Gasteiger partial charge in [-0.3, -0.25) is 4.79 Å². The lowest BCUT2D eigenvalue weighted by Crippen LogP contribution is -2.51. The minimum absolute atomic E-state index is 0.0756. The summed E-state index contributed by atoms with van der Waals surface area (Å²) in [7, 11) is 0. The molecule has 6 rings (SSSR count). The Hall–Kier alpha value is -2.96. The van der Waals surface area contributed by atoms with Crippen molar-refractivity contribution in [3.63, 3.8) is 0 Å². The molecule has 150 valence electrons. The number of carboxylic acid groups (broad SMARTS) is 1. The minimum atomic E-state index is -0.693. The van der Waals surface area contributed by atoms with Crippen molar-refractivity contribution in [2.75, 3.05) is 5.32 Å². The number of aromatic amines is 1. The number of aromatic nitrogens is 4. The predicted molar refractivity (Wildman–Crippen MR) is 111 cm³/mol. The maximum atomic E-state index is 12.0. The largest absolute Gasteiger partial charge is 0.481 e. The number of pyridine rings is 1. The molecular formula is C22H25N5O2. The SMILES string of the molecule is Cc1cnc2[nH]cc(-c3ncc(C)c(NC4[C@H]5CC[C@H](CC5)[C@@H]4C(=O)O)n3)c2c1. The average molecular weight is 391 g/mol. The van der Waals surface area contributed by atoms with Gasteiger partial charge in [0.15, 0.2) is 5.82 Å². The number of aryl methyl sites for hydroxylation is 2. The third-order valence-electron chi connectivity index (χ3n) is 6.69. The first-order chi connectivity index (χ1) is 14.0. The van der Waals surface area contributed by atoms with Crippen molar-refractivity contribution in [3.8, 4) is 11.4 Å². The highest BCUT2D eigenvalue weighted by atomic mass is 16.4. The van der Waals surface area contributed by atoms with Crippen LogP contribution < -0.4 is 5.32 Å². The first-order valence-electron chi connectivity index (χ1n) is 10.3. The summed E-state index contributed by atoms with van der Waals surface area (Å²) in [5.41, 5.74) is 3.71. The fraction of sp³-hybridized carbons (Fsp3) is 0.455. The van der Waals surface area contributed by atoms with Crippen LogP contribution in [0.15, 0.2) is 24.7 Å². The Morgan fingerprint density at radius 2 is 1.90 bits per heavy atom. The van der Waals surface area contributed by atoms with E-state index < -0.39 is 5.97 Å². The number of rotatable bonds is 4. The van der Waals surface area contributed by atoms with E-state index >= 15 is 0 Å². The van der Waals surface area contributed by atoms with Gasteiger partial charge in [0.1, 0.15) is 11.5 Å². The van der Waals surface area contributed by atoms with Crippen LogP contribution in [-0.2, 0) is 4.79 Å². The van der Waals surface area contributed by atoms with E-state index in [0.29, 0.717) is 11.7 Å². The molecule has 3 N–H and O–H groups in total. The van der Waals surface area contributed by atoms with Gasteiger partial charge in [-0.15, -0.1) is 0 Å². The number of fused-ring (bicyclic) bond motifs is 4. The smallest absolute Gasteiger partial charge is 0.308 e. The van der Waals surface area contributed by atoms with Crippen LogP contribution in [0, 0.1) is 31.6 Å². The third kappa shape index (κ3) is 3.05. The molecule has 0 spiro atoms. The summed E-state index contributed by atoms with van der Waals surface area (Å²) in [6.07, 6.45) is 9.76. The van der Waals surface area contributed by atoms with Crippen LogP contribution in [0.3, 0.4) is 0 Å².